The molecule has 1 N–H and O–H groups in total. The summed E-state index contributed by atoms with van der Waals surface area (Å²) >= 11 is 2.14. The lowest BCUT2D eigenvalue weighted by Gasteiger charge is -2.21. The predicted molar refractivity (Wildman–Crippen MR) is 55.7 cm³/mol. The zero-order chi connectivity index (χ0) is 8.91. The summed E-state index contributed by atoms with van der Waals surface area (Å²) in [5, 5.41) is 2.88. The molecule has 0 aromatic rings. The van der Waals surface area contributed by atoms with E-state index in [9.17, 15) is 4.79 Å². The molecule has 0 aliphatic carbocycles. The van der Waals surface area contributed by atoms with Gasteiger partial charge in [0.05, 0.1) is 5.54 Å². The quantitative estimate of drug-likeness (QED) is 0.781. The molecule has 0 radical (unpaired) electrons. The second-order valence-electron chi connectivity index (χ2n) is 2.92. The fourth-order valence-electron chi connectivity index (χ4n) is 0.647. The first kappa shape index (κ1) is 10.9. The van der Waals surface area contributed by atoms with Crippen LogP contribution in [0.2, 0.25) is 0 Å². The van der Waals surface area contributed by atoms with Crippen LogP contribution < -0.4 is 5.32 Å². The third-order valence-electron chi connectivity index (χ3n) is 1.26. The van der Waals surface area contributed by atoms with E-state index in [0.29, 0.717) is 6.42 Å². The minimum Gasteiger partial charge on any atom is -0.348 e. The first-order chi connectivity index (χ1) is 5.02. The Morgan fingerprint density at radius 1 is 1.64 bits per heavy atom. The summed E-state index contributed by atoms with van der Waals surface area (Å²) in [5.41, 5.74) is -0.214. The van der Waals surface area contributed by atoms with Crippen molar-refractivity contribution in [3.05, 3.63) is 10.2 Å². The maximum absolute atomic E-state index is 11.0. The van der Waals surface area contributed by atoms with Gasteiger partial charge in [-0.15, -0.1) is 0 Å². The molecule has 11 heavy (non-hydrogen) atoms. The number of amides is 1. The van der Waals surface area contributed by atoms with Crippen LogP contribution in [-0.2, 0) is 4.79 Å². The van der Waals surface area contributed by atoms with E-state index in [1.807, 2.05) is 30.9 Å². The van der Waals surface area contributed by atoms with Crippen molar-refractivity contribution >= 4 is 28.5 Å². The largest absolute Gasteiger partial charge is 0.348 e. The minimum absolute atomic E-state index is 0.0875. The molecule has 0 heterocycles. The first-order valence-corrected chi connectivity index (χ1v) is 4.85. The van der Waals surface area contributed by atoms with Crippen molar-refractivity contribution < 1.29 is 4.79 Å². The van der Waals surface area contributed by atoms with Gasteiger partial charge in [0.2, 0.25) is 5.91 Å². The summed E-state index contributed by atoms with van der Waals surface area (Å²) in [7, 11) is 0. The number of hydrogen-bond acceptors (Lipinski definition) is 1. The maximum Gasteiger partial charge on any atom is 0.220 e. The monoisotopic (exact) mass is 267 g/mol. The lowest BCUT2D eigenvalue weighted by atomic mass is 10.1. The van der Waals surface area contributed by atoms with E-state index >= 15 is 0 Å². The number of carbonyl (C=O) groups excluding carboxylic acids is 1. The van der Waals surface area contributed by atoms with E-state index in [0.717, 1.165) is 0 Å². The van der Waals surface area contributed by atoms with Crippen LogP contribution in [-0.4, -0.2) is 11.4 Å². The molecule has 0 saturated carbocycles. The summed E-state index contributed by atoms with van der Waals surface area (Å²) < 4.78 is 1.91. The number of rotatable bonds is 3. The molecule has 2 nitrogen and oxygen atoms in total. The average molecular weight is 267 g/mol. The van der Waals surface area contributed by atoms with E-state index in [2.05, 4.69) is 27.9 Å². The van der Waals surface area contributed by atoms with E-state index in [-0.39, 0.29) is 11.4 Å². The van der Waals surface area contributed by atoms with Crippen molar-refractivity contribution in [3.8, 4) is 0 Å². The van der Waals surface area contributed by atoms with Gasteiger partial charge in [-0.2, -0.15) is 0 Å². The van der Waals surface area contributed by atoms with Gasteiger partial charge in [0.15, 0.2) is 0 Å². The van der Waals surface area contributed by atoms with Gasteiger partial charge in [0, 0.05) is 6.42 Å². The molecule has 0 unspecified atom stereocenters. The zero-order valence-corrected chi connectivity index (χ0v) is 9.31. The highest BCUT2D eigenvalue weighted by Crippen LogP contribution is 2.05. The fraction of sp³-hybridized carbons (Fsp3) is 0.625. The molecule has 0 fully saturated rings. The normalized spacial score (nSPS) is 12.0. The maximum atomic E-state index is 11.0. The summed E-state index contributed by atoms with van der Waals surface area (Å²) in [6.45, 7) is 5.78. The summed E-state index contributed by atoms with van der Waals surface area (Å²) in [6.07, 6.45) is 2.50. The Hall–Kier alpha value is -0.0600. The summed E-state index contributed by atoms with van der Waals surface area (Å²) in [6, 6.07) is 0. The van der Waals surface area contributed by atoms with Gasteiger partial charge in [0.1, 0.15) is 0 Å². The molecule has 0 aliphatic rings. The SMILES string of the molecule is CCC(=O)NC(C)(C)/C=C/I. The van der Waals surface area contributed by atoms with Gasteiger partial charge in [-0.25, -0.2) is 0 Å². The molecule has 0 bridgehead atoms. The number of halogens is 1. The van der Waals surface area contributed by atoms with Crippen molar-refractivity contribution in [1.29, 1.82) is 0 Å². The second-order valence-corrected chi connectivity index (χ2v) is 3.64. The smallest absolute Gasteiger partial charge is 0.220 e. The van der Waals surface area contributed by atoms with Gasteiger partial charge in [0.25, 0.3) is 0 Å². The van der Waals surface area contributed by atoms with Gasteiger partial charge >= 0.3 is 0 Å². The average Bonchev–Trinajstić information content (AvgIpc) is 1.86. The van der Waals surface area contributed by atoms with E-state index in [1.54, 1.807) is 0 Å². The van der Waals surface area contributed by atoms with Crippen LogP contribution in [0.25, 0.3) is 0 Å². The molecule has 0 rings (SSSR count). The van der Waals surface area contributed by atoms with Crippen LogP contribution in [0.5, 0.6) is 0 Å². The molecule has 3 heteroatoms. The summed E-state index contributed by atoms with van der Waals surface area (Å²) in [4.78, 5) is 11.0. The van der Waals surface area contributed by atoms with Crippen molar-refractivity contribution in [1.82, 2.24) is 5.32 Å². The van der Waals surface area contributed by atoms with Crippen LogP contribution in [0.3, 0.4) is 0 Å². The molecule has 0 aromatic heterocycles. The Bertz CT molecular complexity index is 163. The van der Waals surface area contributed by atoms with E-state index in [1.165, 1.54) is 0 Å². The van der Waals surface area contributed by atoms with Crippen molar-refractivity contribution in [2.75, 3.05) is 0 Å². The Balaban J connectivity index is 4.01. The zero-order valence-electron chi connectivity index (χ0n) is 7.15. The topological polar surface area (TPSA) is 29.1 Å². The Labute approximate surface area is 81.6 Å². The Kier molecular flexibility index (Phi) is 4.72. The predicted octanol–water partition coefficient (Wildman–Crippen LogP) is 2.24. The molecule has 0 atom stereocenters. The number of carbonyl (C=O) groups is 1. The minimum atomic E-state index is -0.214. The molecule has 0 aromatic carbocycles. The molecule has 0 saturated heterocycles. The number of hydrogen-bond donors (Lipinski definition) is 1. The van der Waals surface area contributed by atoms with Crippen LogP contribution >= 0.6 is 22.6 Å². The van der Waals surface area contributed by atoms with Crippen molar-refractivity contribution in [2.45, 2.75) is 32.7 Å². The highest BCUT2D eigenvalue weighted by Gasteiger charge is 2.14. The Morgan fingerprint density at radius 2 is 2.18 bits per heavy atom. The van der Waals surface area contributed by atoms with Crippen molar-refractivity contribution in [3.63, 3.8) is 0 Å². The van der Waals surface area contributed by atoms with E-state index in [4.69, 9.17) is 0 Å². The van der Waals surface area contributed by atoms with Crippen LogP contribution in [0.1, 0.15) is 27.2 Å². The van der Waals surface area contributed by atoms with Gasteiger partial charge in [-0.3, -0.25) is 4.79 Å². The van der Waals surface area contributed by atoms with Crippen LogP contribution in [0.15, 0.2) is 10.2 Å². The standard InChI is InChI=1S/C8H14INO/c1-4-7(11)10-8(2,3)5-6-9/h5-6H,4H2,1-3H3,(H,10,11)/b6-5+. The molecule has 0 aliphatic heterocycles. The van der Waals surface area contributed by atoms with Crippen LogP contribution in [0, 0.1) is 0 Å². The first-order valence-electron chi connectivity index (χ1n) is 3.61. The second kappa shape index (κ2) is 4.74. The van der Waals surface area contributed by atoms with Gasteiger partial charge < -0.3 is 5.32 Å². The van der Waals surface area contributed by atoms with Crippen LogP contribution in [0.4, 0.5) is 0 Å². The number of nitrogens with one attached hydrogen (secondary N) is 1. The highest BCUT2D eigenvalue weighted by molar-refractivity contribution is 14.1. The molecule has 64 valence electrons. The van der Waals surface area contributed by atoms with Crippen molar-refractivity contribution in [2.24, 2.45) is 0 Å². The lowest BCUT2D eigenvalue weighted by molar-refractivity contribution is -0.121. The lowest BCUT2D eigenvalue weighted by Crippen LogP contribution is -2.41. The third-order valence-corrected chi connectivity index (χ3v) is 1.62. The third kappa shape index (κ3) is 5.24. The molecule has 0 spiro atoms. The van der Waals surface area contributed by atoms with E-state index < -0.39 is 0 Å². The fourth-order valence-corrected chi connectivity index (χ4v) is 1.55. The molecular weight excluding hydrogens is 253 g/mol. The van der Waals surface area contributed by atoms with Gasteiger partial charge in [-0.1, -0.05) is 35.6 Å². The highest BCUT2D eigenvalue weighted by atomic mass is 127. The van der Waals surface area contributed by atoms with Gasteiger partial charge in [-0.05, 0) is 17.9 Å². The molecule has 1 amide bonds. The summed E-state index contributed by atoms with van der Waals surface area (Å²) in [5.74, 6) is 0.0875. The Morgan fingerprint density at radius 3 is 2.55 bits per heavy atom. The molecular formula is C8H14INO.